The lowest BCUT2D eigenvalue weighted by Gasteiger charge is -2.35. The van der Waals surface area contributed by atoms with E-state index in [1.807, 2.05) is 30.3 Å². The van der Waals surface area contributed by atoms with Gasteiger partial charge in [0.15, 0.2) is 11.1 Å². The quantitative estimate of drug-likeness (QED) is 0.411. The molecule has 0 N–H and O–H groups in total. The molecule has 3 heterocycles. The smallest absolute Gasteiger partial charge is 0.275 e. The highest BCUT2D eigenvalue weighted by Crippen LogP contribution is 2.26. The second kappa shape index (κ2) is 9.93. The minimum atomic E-state index is -0.567. The van der Waals surface area contributed by atoms with Crippen LogP contribution in [0.5, 0.6) is 5.75 Å². The van der Waals surface area contributed by atoms with Gasteiger partial charge < -0.3 is 9.64 Å². The van der Waals surface area contributed by atoms with E-state index < -0.39 is 11.9 Å². The molecule has 0 radical (unpaired) electrons. The van der Waals surface area contributed by atoms with Crippen LogP contribution in [-0.4, -0.2) is 62.6 Å². The Morgan fingerprint density at radius 1 is 1.09 bits per heavy atom. The third-order valence-electron chi connectivity index (χ3n) is 5.88. The lowest BCUT2D eigenvalue weighted by atomic mass is 10.2. The number of hydrogen-bond donors (Lipinski definition) is 0. The molecule has 1 aliphatic heterocycles. The molecule has 1 atom stereocenters. The molecule has 4 aromatic rings. The largest absolute Gasteiger partial charge is 0.481 e. The number of benzene rings is 2. The van der Waals surface area contributed by atoms with Gasteiger partial charge in [0.2, 0.25) is 4.96 Å². The van der Waals surface area contributed by atoms with Crippen molar-refractivity contribution in [3.63, 3.8) is 0 Å². The first-order valence-corrected chi connectivity index (χ1v) is 12.2. The van der Waals surface area contributed by atoms with Crippen LogP contribution in [0.3, 0.4) is 0 Å². The van der Waals surface area contributed by atoms with Gasteiger partial charge in [0.25, 0.3) is 11.5 Å². The maximum Gasteiger partial charge on any atom is 0.275 e. The first-order chi connectivity index (χ1) is 17.0. The Hall–Kier alpha value is -3.63. The zero-order chi connectivity index (χ0) is 24.4. The number of para-hydroxylation sites is 1. The van der Waals surface area contributed by atoms with Gasteiger partial charge in [-0.2, -0.15) is 9.61 Å². The van der Waals surface area contributed by atoms with Crippen molar-refractivity contribution in [3.05, 3.63) is 82.5 Å². The van der Waals surface area contributed by atoms with Crippen molar-refractivity contribution >= 4 is 22.2 Å². The molecule has 0 bridgehead atoms. The summed E-state index contributed by atoms with van der Waals surface area (Å²) in [6.45, 7) is 4.71. The molecule has 5 rings (SSSR count). The SMILES string of the molecule is C[C@H](Oc1ccccc1)C(=O)N1CCN(Cc2cc(=O)n3nc(-c4ccccc4F)sc3n2)CC1. The Labute approximate surface area is 205 Å². The molecule has 1 amide bonds. The average Bonchev–Trinajstić information content (AvgIpc) is 3.29. The van der Waals surface area contributed by atoms with Crippen LogP contribution in [0.4, 0.5) is 4.39 Å². The number of halogens is 1. The first-order valence-electron chi connectivity index (χ1n) is 11.4. The van der Waals surface area contributed by atoms with Crippen LogP contribution in [0.25, 0.3) is 15.5 Å². The summed E-state index contributed by atoms with van der Waals surface area (Å²) in [5.74, 6) is 0.230. The van der Waals surface area contributed by atoms with E-state index in [-0.39, 0.29) is 11.5 Å². The lowest BCUT2D eigenvalue weighted by molar-refractivity contribution is -0.139. The highest BCUT2D eigenvalue weighted by Gasteiger charge is 2.26. The number of carbonyl (C=O) groups excluding carboxylic acids is 1. The minimum absolute atomic E-state index is 0.0448. The summed E-state index contributed by atoms with van der Waals surface area (Å²) >= 11 is 1.18. The number of aromatic nitrogens is 3. The highest BCUT2D eigenvalue weighted by atomic mass is 32.1. The van der Waals surface area contributed by atoms with Crippen LogP contribution in [0.15, 0.2) is 65.5 Å². The molecule has 2 aromatic carbocycles. The van der Waals surface area contributed by atoms with E-state index >= 15 is 0 Å². The van der Waals surface area contributed by atoms with Crippen molar-refractivity contribution in [3.8, 4) is 16.3 Å². The van der Waals surface area contributed by atoms with Gasteiger partial charge in [-0.3, -0.25) is 14.5 Å². The second-order valence-corrected chi connectivity index (χ2v) is 9.30. The zero-order valence-electron chi connectivity index (χ0n) is 19.1. The third-order valence-corrected chi connectivity index (χ3v) is 6.82. The number of ether oxygens (including phenoxy) is 1. The van der Waals surface area contributed by atoms with E-state index in [1.165, 1.54) is 28.0 Å². The molecule has 1 saturated heterocycles. The molecule has 8 nitrogen and oxygen atoms in total. The summed E-state index contributed by atoms with van der Waals surface area (Å²) in [4.78, 5) is 34.4. The number of amides is 1. The molecule has 0 saturated carbocycles. The van der Waals surface area contributed by atoms with Gasteiger partial charge in [-0.1, -0.05) is 41.7 Å². The average molecular weight is 494 g/mol. The summed E-state index contributed by atoms with van der Waals surface area (Å²) in [6, 6.07) is 17.1. The number of carbonyl (C=O) groups is 1. The highest BCUT2D eigenvalue weighted by molar-refractivity contribution is 7.19. The van der Waals surface area contributed by atoms with Crippen LogP contribution < -0.4 is 10.3 Å². The van der Waals surface area contributed by atoms with Crippen LogP contribution in [0, 0.1) is 5.82 Å². The van der Waals surface area contributed by atoms with Gasteiger partial charge in [0.05, 0.1) is 5.69 Å². The summed E-state index contributed by atoms with van der Waals surface area (Å²) in [5, 5.41) is 4.66. The molecule has 1 fully saturated rings. The standard InChI is InChI=1S/C25H24FN5O3S/c1-17(34-19-7-3-2-4-8-19)24(33)30-13-11-29(12-14-30)16-18-15-22(32)31-25(27-18)35-23(28-31)20-9-5-6-10-21(20)26/h2-10,15,17H,11-14,16H2,1H3/t17-/m0/s1. The Kier molecular flexibility index (Phi) is 6.56. The van der Waals surface area contributed by atoms with Crippen LogP contribution in [0.1, 0.15) is 12.6 Å². The van der Waals surface area contributed by atoms with E-state index in [0.717, 1.165) is 0 Å². The monoisotopic (exact) mass is 493 g/mol. The van der Waals surface area contributed by atoms with E-state index in [4.69, 9.17) is 4.74 Å². The maximum absolute atomic E-state index is 14.2. The normalized spacial score (nSPS) is 15.3. The summed E-state index contributed by atoms with van der Waals surface area (Å²) in [6.07, 6.45) is -0.567. The van der Waals surface area contributed by atoms with E-state index in [9.17, 15) is 14.0 Å². The Balaban J connectivity index is 1.22. The van der Waals surface area contributed by atoms with Crippen molar-refractivity contribution in [2.45, 2.75) is 19.6 Å². The summed E-state index contributed by atoms with van der Waals surface area (Å²) < 4.78 is 21.1. The fraction of sp³-hybridized carbons (Fsp3) is 0.280. The molecule has 0 unspecified atom stereocenters. The van der Waals surface area contributed by atoms with Gasteiger partial charge in [-0.25, -0.2) is 9.37 Å². The van der Waals surface area contributed by atoms with E-state index in [2.05, 4.69) is 15.0 Å². The molecule has 180 valence electrons. The Morgan fingerprint density at radius 2 is 1.80 bits per heavy atom. The number of hydrogen-bond acceptors (Lipinski definition) is 7. The van der Waals surface area contributed by atoms with Gasteiger partial charge >= 0.3 is 0 Å². The van der Waals surface area contributed by atoms with Crippen molar-refractivity contribution in [2.24, 2.45) is 0 Å². The first kappa shape index (κ1) is 23.1. The van der Waals surface area contributed by atoms with E-state index in [0.29, 0.717) is 59.7 Å². The molecule has 2 aromatic heterocycles. The van der Waals surface area contributed by atoms with Crippen molar-refractivity contribution in [1.82, 2.24) is 24.4 Å². The minimum Gasteiger partial charge on any atom is -0.481 e. The van der Waals surface area contributed by atoms with Crippen LogP contribution >= 0.6 is 11.3 Å². The molecular weight excluding hydrogens is 469 g/mol. The van der Waals surface area contributed by atoms with Gasteiger partial charge in [0.1, 0.15) is 11.6 Å². The van der Waals surface area contributed by atoms with Gasteiger partial charge in [0, 0.05) is 44.4 Å². The Bertz CT molecular complexity index is 1400. The maximum atomic E-state index is 14.2. The van der Waals surface area contributed by atoms with Crippen LogP contribution in [0.2, 0.25) is 0 Å². The zero-order valence-corrected chi connectivity index (χ0v) is 19.9. The van der Waals surface area contributed by atoms with Crippen molar-refractivity contribution < 1.29 is 13.9 Å². The predicted molar refractivity (Wildman–Crippen MR) is 131 cm³/mol. The van der Waals surface area contributed by atoms with Gasteiger partial charge in [-0.15, -0.1) is 0 Å². The summed E-state index contributed by atoms with van der Waals surface area (Å²) in [5.41, 5.74) is 0.666. The topological polar surface area (TPSA) is 80.0 Å². The number of nitrogens with zero attached hydrogens (tertiary/aromatic N) is 5. The number of fused-ring (bicyclic) bond motifs is 1. The molecule has 0 spiro atoms. The molecule has 0 aliphatic carbocycles. The predicted octanol–water partition coefficient (Wildman–Crippen LogP) is 3.07. The van der Waals surface area contributed by atoms with Crippen LogP contribution in [-0.2, 0) is 11.3 Å². The summed E-state index contributed by atoms with van der Waals surface area (Å²) in [7, 11) is 0. The second-order valence-electron chi connectivity index (χ2n) is 8.34. The fourth-order valence-electron chi connectivity index (χ4n) is 4.05. The Morgan fingerprint density at radius 3 is 2.54 bits per heavy atom. The van der Waals surface area contributed by atoms with Gasteiger partial charge in [-0.05, 0) is 31.2 Å². The molecule has 10 heteroatoms. The fourth-order valence-corrected chi connectivity index (χ4v) is 5.00. The molecule has 35 heavy (non-hydrogen) atoms. The van der Waals surface area contributed by atoms with E-state index in [1.54, 1.807) is 30.0 Å². The third kappa shape index (κ3) is 5.08. The van der Waals surface area contributed by atoms with Crippen molar-refractivity contribution in [2.75, 3.05) is 26.2 Å². The van der Waals surface area contributed by atoms with Crippen molar-refractivity contribution in [1.29, 1.82) is 0 Å². The molecule has 1 aliphatic rings. The lowest BCUT2D eigenvalue weighted by Crippen LogP contribution is -2.51. The number of rotatable bonds is 6. The molecular formula is C25H24FN5O3S. The number of piperazine rings is 1.